The van der Waals surface area contributed by atoms with Crippen LogP contribution in [-0.2, 0) is 6.54 Å². The van der Waals surface area contributed by atoms with Crippen molar-refractivity contribution in [1.29, 1.82) is 0 Å². The molecule has 0 aliphatic carbocycles. The summed E-state index contributed by atoms with van der Waals surface area (Å²) in [5.41, 5.74) is 0.385. The quantitative estimate of drug-likeness (QED) is 0.338. The standard InChI is InChI=1S/C26H38ClFN6O3/c1-7-32-24-18(15-34(26(32)36)23-21(27)20(37-6)13-19(35)22(23)28)14-30-25(31-24)29-11-9-8-10-12-33(16(2)3)17(4)5/h13-14,16-17,35H,7-12,15H2,1-6H3,(H,29,30,31). The Morgan fingerprint density at radius 2 is 1.95 bits per heavy atom. The number of hydrogen-bond donors (Lipinski definition) is 2. The van der Waals surface area contributed by atoms with Gasteiger partial charge in [-0.05, 0) is 54.0 Å². The Bertz CT molecular complexity index is 1090. The van der Waals surface area contributed by atoms with Gasteiger partial charge in [0.05, 0.1) is 13.7 Å². The summed E-state index contributed by atoms with van der Waals surface area (Å²) in [5.74, 6) is -0.686. The van der Waals surface area contributed by atoms with Crippen molar-refractivity contribution in [3.05, 3.63) is 28.7 Å². The molecule has 0 fully saturated rings. The number of aromatic nitrogens is 2. The predicted octanol–water partition coefficient (Wildman–Crippen LogP) is 5.65. The van der Waals surface area contributed by atoms with Crippen molar-refractivity contribution in [2.75, 3.05) is 41.9 Å². The lowest BCUT2D eigenvalue weighted by atomic mass is 10.1. The van der Waals surface area contributed by atoms with E-state index in [0.717, 1.165) is 38.4 Å². The Hall–Kier alpha value is -2.85. The Labute approximate surface area is 223 Å². The second kappa shape index (κ2) is 12.6. The van der Waals surface area contributed by atoms with Crippen LogP contribution >= 0.6 is 11.6 Å². The molecule has 0 bridgehead atoms. The Kier molecular flexibility index (Phi) is 9.78. The number of urea groups is 1. The van der Waals surface area contributed by atoms with E-state index < -0.39 is 17.6 Å². The van der Waals surface area contributed by atoms with Gasteiger partial charge < -0.3 is 15.2 Å². The molecule has 2 N–H and O–H groups in total. The van der Waals surface area contributed by atoms with Gasteiger partial charge in [0.1, 0.15) is 22.3 Å². The lowest BCUT2D eigenvalue weighted by Crippen LogP contribution is -2.48. The average molecular weight is 537 g/mol. The molecule has 1 aliphatic rings. The van der Waals surface area contributed by atoms with Gasteiger partial charge in [0.25, 0.3) is 0 Å². The second-order valence-corrected chi connectivity index (χ2v) is 10.0. The molecule has 9 nitrogen and oxygen atoms in total. The number of phenols is 1. The minimum Gasteiger partial charge on any atom is -0.505 e. The first kappa shape index (κ1) is 28.7. The highest BCUT2D eigenvalue weighted by atomic mass is 35.5. The molecule has 1 aliphatic heterocycles. The molecule has 0 spiro atoms. The largest absolute Gasteiger partial charge is 0.505 e. The maximum absolute atomic E-state index is 14.9. The van der Waals surface area contributed by atoms with Crippen LogP contribution in [0.5, 0.6) is 11.5 Å². The summed E-state index contributed by atoms with van der Waals surface area (Å²) in [7, 11) is 1.35. The van der Waals surface area contributed by atoms with Gasteiger partial charge in [0.2, 0.25) is 5.95 Å². The van der Waals surface area contributed by atoms with Gasteiger partial charge in [0, 0.05) is 43.0 Å². The number of hydrogen-bond acceptors (Lipinski definition) is 7. The molecule has 0 atom stereocenters. The first-order valence-corrected chi connectivity index (χ1v) is 13.2. The van der Waals surface area contributed by atoms with Crippen LogP contribution in [0, 0.1) is 5.82 Å². The first-order chi connectivity index (χ1) is 17.6. The summed E-state index contributed by atoms with van der Waals surface area (Å²) in [6, 6.07) is 1.63. The molecule has 0 unspecified atom stereocenters. The van der Waals surface area contributed by atoms with E-state index in [2.05, 4.69) is 47.9 Å². The minimum absolute atomic E-state index is 0.00357. The van der Waals surface area contributed by atoms with E-state index in [-0.39, 0.29) is 23.0 Å². The van der Waals surface area contributed by atoms with Gasteiger partial charge in [-0.3, -0.25) is 14.7 Å². The zero-order chi connectivity index (χ0) is 27.3. The summed E-state index contributed by atoms with van der Waals surface area (Å²) in [5, 5.41) is 13.2. The molecule has 0 saturated carbocycles. The highest BCUT2D eigenvalue weighted by Crippen LogP contribution is 2.44. The summed E-state index contributed by atoms with van der Waals surface area (Å²) >= 11 is 6.34. The fraction of sp³-hybridized carbons (Fsp3) is 0.577. The number of carbonyl (C=O) groups is 1. The highest BCUT2D eigenvalue weighted by molar-refractivity contribution is 6.35. The summed E-state index contributed by atoms with van der Waals surface area (Å²) in [4.78, 5) is 27.4. The van der Waals surface area contributed by atoms with Crippen molar-refractivity contribution in [3.63, 3.8) is 0 Å². The Morgan fingerprint density at radius 1 is 1.24 bits per heavy atom. The number of rotatable bonds is 12. The maximum Gasteiger partial charge on any atom is 0.330 e. The third-order valence-corrected chi connectivity index (χ3v) is 6.89. The molecule has 11 heteroatoms. The topological polar surface area (TPSA) is 94.1 Å². The van der Waals surface area contributed by atoms with E-state index >= 15 is 0 Å². The van der Waals surface area contributed by atoms with Crippen molar-refractivity contribution in [2.45, 2.75) is 72.5 Å². The summed E-state index contributed by atoms with van der Waals surface area (Å²) in [6.07, 6.45) is 4.81. The smallest absolute Gasteiger partial charge is 0.330 e. The van der Waals surface area contributed by atoms with Gasteiger partial charge in [-0.1, -0.05) is 18.0 Å². The number of aromatic hydroxyl groups is 1. The second-order valence-electron chi connectivity index (χ2n) is 9.64. The average Bonchev–Trinajstić information content (AvgIpc) is 2.85. The van der Waals surface area contributed by atoms with Gasteiger partial charge in [0.15, 0.2) is 11.6 Å². The number of amides is 2. The van der Waals surface area contributed by atoms with E-state index in [1.54, 1.807) is 13.1 Å². The number of halogens is 2. The minimum atomic E-state index is -0.997. The monoisotopic (exact) mass is 536 g/mol. The van der Waals surface area contributed by atoms with Crippen molar-refractivity contribution in [3.8, 4) is 11.5 Å². The normalized spacial score (nSPS) is 13.6. The molecule has 37 heavy (non-hydrogen) atoms. The predicted molar refractivity (Wildman–Crippen MR) is 146 cm³/mol. The van der Waals surface area contributed by atoms with Crippen LogP contribution in [0.4, 0.5) is 26.6 Å². The number of carbonyl (C=O) groups excluding carboxylic acids is 1. The summed E-state index contributed by atoms with van der Waals surface area (Å²) < 4.78 is 20.0. The van der Waals surface area contributed by atoms with E-state index in [0.29, 0.717) is 36.0 Å². The van der Waals surface area contributed by atoms with Crippen LogP contribution < -0.4 is 19.9 Å². The number of phenolic OH excluding ortho intramolecular Hbond substituents is 1. The lowest BCUT2D eigenvalue weighted by Gasteiger charge is -2.36. The fourth-order valence-corrected chi connectivity index (χ4v) is 4.96. The van der Waals surface area contributed by atoms with Crippen molar-refractivity contribution in [1.82, 2.24) is 14.9 Å². The van der Waals surface area contributed by atoms with Gasteiger partial charge in [-0.25, -0.2) is 14.2 Å². The molecular formula is C26H38ClFN6O3. The number of unbranched alkanes of at least 4 members (excludes halogenated alkanes) is 2. The number of benzene rings is 1. The number of nitrogens with one attached hydrogen (secondary N) is 1. The van der Waals surface area contributed by atoms with Crippen molar-refractivity contribution < 1.29 is 19.0 Å². The van der Waals surface area contributed by atoms with Gasteiger partial charge >= 0.3 is 6.03 Å². The third-order valence-electron chi connectivity index (χ3n) is 6.52. The molecule has 204 valence electrons. The highest BCUT2D eigenvalue weighted by Gasteiger charge is 2.36. The molecule has 1 aromatic heterocycles. The van der Waals surface area contributed by atoms with E-state index in [4.69, 9.17) is 16.3 Å². The van der Waals surface area contributed by atoms with Gasteiger partial charge in [-0.15, -0.1) is 0 Å². The Balaban J connectivity index is 1.69. The van der Waals surface area contributed by atoms with Crippen molar-refractivity contribution >= 4 is 35.1 Å². The summed E-state index contributed by atoms with van der Waals surface area (Å²) in [6.45, 7) is 12.8. The molecule has 1 aromatic carbocycles. The van der Waals surface area contributed by atoms with Gasteiger partial charge in [-0.2, -0.15) is 4.98 Å². The van der Waals surface area contributed by atoms with Crippen LogP contribution in [-0.4, -0.2) is 64.8 Å². The lowest BCUT2D eigenvalue weighted by molar-refractivity contribution is 0.171. The van der Waals surface area contributed by atoms with Crippen LogP contribution in [0.3, 0.4) is 0 Å². The molecular weight excluding hydrogens is 499 g/mol. The number of methoxy groups -OCH3 is 1. The van der Waals surface area contributed by atoms with E-state index in [9.17, 15) is 14.3 Å². The molecule has 2 heterocycles. The molecule has 0 radical (unpaired) electrons. The number of anilines is 3. The molecule has 0 saturated heterocycles. The van der Waals surface area contributed by atoms with Crippen LogP contribution in [0.1, 0.15) is 59.4 Å². The van der Waals surface area contributed by atoms with Crippen LogP contribution in [0.2, 0.25) is 5.02 Å². The van der Waals surface area contributed by atoms with Crippen LogP contribution in [0.15, 0.2) is 12.3 Å². The molecule has 3 rings (SSSR count). The number of ether oxygens (including phenoxy) is 1. The zero-order valence-corrected chi connectivity index (χ0v) is 23.3. The fourth-order valence-electron chi connectivity index (χ4n) is 4.64. The SMILES string of the molecule is CCN1C(=O)N(c2c(F)c(O)cc(OC)c2Cl)Cc2cnc(NCCCCCN(C(C)C)C(C)C)nc21. The third kappa shape index (κ3) is 6.35. The first-order valence-electron chi connectivity index (χ1n) is 12.8. The van der Waals surface area contributed by atoms with E-state index in [1.807, 2.05) is 0 Å². The maximum atomic E-state index is 14.9. The molecule has 2 aromatic rings. The Morgan fingerprint density at radius 3 is 2.57 bits per heavy atom. The number of fused-ring (bicyclic) bond motifs is 1. The van der Waals surface area contributed by atoms with Crippen LogP contribution in [0.25, 0.3) is 0 Å². The number of nitrogens with zero attached hydrogens (tertiary/aromatic N) is 5. The zero-order valence-electron chi connectivity index (χ0n) is 22.5. The van der Waals surface area contributed by atoms with E-state index in [1.165, 1.54) is 16.9 Å². The molecule has 2 amide bonds. The van der Waals surface area contributed by atoms with Crippen molar-refractivity contribution in [2.24, 2.45) is 0 Å².